The van der Waals surface area contributed by atoms with Gasteiger partial charge in [0.05, 0.1) is 121 Å². The molecule has 0 unspecified atom stereocenters. The van der Waals surface area contributed by atoms with Crippen molar-refractivity contribution in [2.45, 2.75) is 60.3 Å². The average molecular weight is 2020 g/mol. The number of hydrogen-bond donors (Lipinski definition) is 4. The average Bonchev–Trinajstić information content (AvgIpc) is 0.803. The molecule has 12 rings (SSSR count). The number of methoxy groups -OCH3 is 8. The lowest BCUT2D eigenvalue weighted by Crippen LogP contribution is -2.07. The van der Waals surface area contributed by atoms with Crippen molar-refractivity contribution in [2.24, 2.45) is 0 Å². The molecule has 0 saturated carbocycles. The van der Waals surface area contributed by atoms with Gasteiger partial charge in [-0.1, -0.05) is 192 Å². The van der Waals surface area contributed by atoms with Crippen LogP contribution in [0.2, 0.25) is 40.2 Å². The van der Waals surface area contributed by atoms with Gasteiger partial charge in [-0.15, -0.1) is 0 Å². The molecule has 0 atom stereocenters. The van der Waals surface area contributed by atoms with E-state index in [2.05, 4.69) is 82.5 Å². The van der Waals surface area contributed by atoms with Crippen LogP contribution in [0.4, 0.5) is 63.8 Å². The molecule has 4 N–H and O–H groups in total. The third-order valence-electron chi connectivity index (χ3n) is 20.4. The topological polar surface area (TPSA) is 280 Å². The maximum absolute atomic E-state index is 15.3. The number of para-hydroxylation sites is 4. The molecule has 35 heteroatoms. The van der Waals surface area contributed by atoms with Crippen LogP contribution in [0, 0.1) is 34.6 Å². The summed E-state index contributed by atoms with van der Waals surface area (Å²) in [4.78, 5) is 77.2. The lowest BCUT2D eigenvalue weighted by Gasteiger charge is -2.14. The van der Waals surface area contributed by atoms with Crippen molar-refractivity contribution >= 4 is 210 Å². The predicted octanol–water partition coefficient (Wildman–Crippen LogP) is 27.4. The van der Waals surface area contributed by atoms with Gasteiger partial charge in [-0.05, 0) is 140 Å². The van der Waals surface area contributed by atoms with Gasteiger partial charge < -0.3 is 59.2 Å². The minimum absolute atomic E-state index is 0.0219. The number of ketones is 4. The highest BCUT2D eigenvalue weighted by molar-refractivity contribution is 6.41. The number of allylic oxidation sites excluding steroid dienone is 4. The van der Waals surface area contributed by atoms with E-state index in [1.54, 1.807) is 19.1 Å². The Labute approximate surface area is 829 Å². The molecule has 12 aromatic rings. The summed E-state index contributed by atoms with van der Waals surface area (Å²) in [5, 5.41) is 13.8. The first-order valence-electron chi connectivity index (χ1n) is 40.9. The molecule has 0 amide bonds. The zero-order valence-corrected chi connectivity index (χ0v) is 82.2. The molecule has 0 aliphatic carbocycles. The fourth-order valence-electron chi connectivity index (χ4n) is 13.1. The van der Waals surface area contributed by atoms with Gasteiger partial charge in [0.2, 0.25) is 11.9 Å². The molecule has 0 saturated heterocycles. The minimum Gasteiger partial charge on any atom is -0.495 e. The highest BCUT2D eigenvalue weighted by atomic mass is 35.5. The van der Waals surface area contributed by atoms with Gasteiger partial charge in [0.15, 0.2) is 29.0 Å². The first-order chi connectivity index (χ1) is 65.5. The van der Waals surface area contributed by atoms with Crippen LogP contribution in [0.25, 0.3) is 47.6 Å². The third-order valence-corrected chi connectivity index (χ3v) is 23.5. The molecule has 137 heavy (non-hydrogen) atoms. The summed E-state index contributed by atoms with van der Waals surface area (Å²) in [6.45, 7) is 23.4. The normalized spacial score (nSPS) is 11.2. The summed E-state index contributed by atoms with van der Waals surface area (Å²) in [5.74, 6) is 0.776. The zero-order chi connectivity index (χ0) is 100. The molecule has 0 spiro atoms. The summed E-state index contributed by atoms with van der Waals surface area (Å²) in [6.07, 6.45) is 18.7. The van der Waals surface area contributed by atoms with Crippen LogP contribution in [0.1, 0.15) is 94.8 Å². The number of pyridine rings is 1. The molecule has 0 radical (unpaired) electrons. The van der Waals surface area contributed by atoms with Crippen molar-refractivity contribution in [3.05, 3.63) is 332 Å². The molecular formula is C102H91Cl8F4N11O12. The molecule has 8 aromatic carbocycles. The van der Waals surface area contributed by atoms with Gasteiger partial charge in [-0.25, -0.2) is 52.4 Å². The van der Waals surface area contributed by atoms with E-state index in [0.717, 1.165) is 62.0 Å². The van der Waals surface area contributed by atoms with E-state index in [0.29, 0.717) is 63.2 Å². The van der Waals surface area contributed by atoms with Crippen molar-refractivity contribution in [2.75, 3.05) is 78.1 Å². The number of rotatable bonds is 36. The summed E-state index contributed by atoms with van der Waals surface area (Å²) in [6, 6.07) is 31.8. The zero-order valence-electron chi connectivity index (χ0n) is 76.2. The van der Waals surface area contributed by atoms with Crippen molar-refractivity contribution in [1.82, 2.24) is 34.9 Å². The molecule has 4 aromatic heterocycles. The second-order valence-corrected chi connectivity index (χ2v) is 32.3. The number of hydrogen-bond acceptors (Lipinski definition) is 23. The molecule has 710 valence electrons. The fourth-order valence-corrected chi connectivity index (χ4v) is 15.5. The number of carbonyl (C=O) groups excluding carboxylic acids is 4. The van der Waals surface area contributed by atoms with E-state index in [1.807, 2.05) is 100 Å². The van der Waals surface area contributed by atoms with Crippen LogP contribution in [-0.4, -0.2) is 115 Å². The highest BCUT2D eigenvalue weighted by Crippen LogP contribution is 2.48. The SMILES string of the molecule is C=CC(=O)Cc1cccc(C)c1Nc1ccc(/C(F)=C/c2c(Cl)c(OC)cc(OC)c2Cl)cn1.C=CC(=O)Cc1cccc(C)c1Nc1cnc(/C(F)=C/c2c(Cl)c(OC)cc(OC)c2Cl)cn1.C=CC(=O)Cc1cccc(C)c1Nc1ncc(/C(F)=C/c2c(Cl)c(OC)cc(OC)c2Cl)c(C)n1.C=CC(=O)Cc1cccc(C)c1Nc1ncc(/C(F)=C/c2c(Cl)c(OC)cc(OC)c2Cl)cn1. The summed E-state index contributed by atoms with van der Waals surface area (Å²) < 4.78 is 102. The number of nitrogens with one attached hydrogen (secondary N) is 4. The number of halogens is 12. The van der Waals surface area contributed by atoms with Gasteiger partial charge in [0.25, 0.3) is 0 Å². The van der Waals surface area contributed by atoms with Crippen LogP contribution >= 0.6 is 92.8 Å². The molecule has 0 aliphatic rings. The van der Waals surface area contributed by atoms with E-state index in [9.17, 15) is 19.2 Å². The fraction of sp³-hybridized carbons (Fsp3) is 0.167. The van der Waals surface area contributed by atoms with E-state index in [-0.39, 0.29) is 157 Å². The van der Waals surface area contributed by atoms with Crippen LogP contribution in [0.5, 0.6) is 46.0 Å². The Morgan fingerprint density at radius 1 is 0.321 bits per heavy atom. The summed E-state index contributed by atoms with van der Waals surface area (Å²) >= 11 is 50.7. The summed E-state index contributed by atoms with van der Waals surface area (Å²) in [5.41, 5.74) is 11.5. The highest BCUT2D eigenvalue weighted by Gasteiger charge is 2.25. The lowest BCUT2D eigenvalue weighted by atomic mass is 10.0. The summed E-state index contributed by atoms with van der Waals surface area (Å²) in [7, 11) is 11.5. The first-order valence-corrected chi connectivity index (χ1v) is 43.9. The van der Waals surface area contributed by atoms with Crippen LogP contribution in [0.15, 0.2) is 197 Å². The third kappa shape index (κ3) is 27.6. The number of carbonyl (C=O) groups is 4. The maximum atomic E-state index is 15.3. The van der Waals surface area contributed by atoms with Gasteiger partial charge >= 0.3 is 0 Å². The molecular weight excluding hydrogens is 1930 g/mol. The number of nitrogens with zero attached hydrogens (tertiary/aromatic N) is 7. The minimum atomic E-state index is -0.702. The van der Waals surface area contributed by atoms with Crippen molar-refractivity contribution in [3.63, 3.8) is 0 Å². The number of anilines is 8. The van der Waals surface area contributed by atoms with Crippen molar-refractivity contribution < 1.29 is 74.6 Å². The Morgan fingerprint density at radius 3 is 0.905 bits per heavy atom. The van der Waals surface area contributed by atoms with Gasteiger partial charge in [-0.2, -0.15) is 0 Å². The quantitative estimate of drug-likeness (QED) is 0.0210. The number of benzene rings is 8. The van der Waals surface area contributed by atoms with E-state index < -0.39 is 23.3 Å². The largest absolute Gasteiger partial charge is 0.495 e. The van der Waals surface area contributed by atoms with Gasteiger partial charge in [-0.3, -0.25) is 19.2 Å². The Bertz CT molecular complexity index is 6110. The van der Waals surface area contributed by atoms with E-state index in [1.165, 1.54) is 161 Å². The predicted molar refractivity (Wildman–Crippen MR) is 543 cm³/mol. The van der Waals surface area contributed by atoms with Crippen molar-refractivity contribution in [1.29, 1.82) is 0 Å². The molecule has 0 aliphatic heterocycles. The Kier molecular flexibility index (Phi) is 39.7. The second kappa shape index (κ2) is 50.8. The maximum Gasteiger partial charge on any atom is 0.227 e. The molecule has 0 fully saturated rings. The van der Waals surface area contributed by atoms with Gasteiger partial charge in [0.1, 0.15) is 80.8 Å². The first kappa shape index (κ1) is 107. The number of aryl methyl sites for hydroxylation is 5. The van der Waals surface area contributed by atoms with E-state index in [4.69, 9.17) is 131 Å². The number of ether oxygens (including phenoxy) is 8. The Balaban J connectivity index is 0.000000205. The smallest absolute Gasteiger partial charge is 0.227 e. The lowest BCUT2D eigenvalue weighted by molar-refractivity contribution is -0.114. The Hall–Kier alpha value is -13.6. The van der Waals surface area contributed by atoms with Gasteiger partial charge in [0, 0.05) is 131 Å². The van der Waals surface area contributed by atoms with Crippen LogP contribution in [0.3, 0.4) is 0 Å². The Morgan fingerprint density at radius 2 is 0.606 bits per heavy atom. The molecule has 23 nitrogen and oxygen atoms in total. The van der Waals surface area contributed by atoms with Crippen LogP contribution in [-0.2, 0) is 44.9 Å². The molecule has 0 bridgehead atoms. The van der Waals surface area contributed by atoms with Crippen LogP contribution < -0.4 is 59.2 Å². The standard InChI is InChI=1S/C26H24Cl2FN3O3.C26H23Cl2FN2O3.2C25H22Cl2FN3O3/c1-6-17(33)10-16-9-7-8-14(2)25(16)32-26-30-13-19(15(3)31-26)20(29)11-18-23(27)21(34-4)12-22(35-5)24(18)28;1-5-18(32)11-16-8-6-7-15(2)26(16)31-23-10-9-17(14-30-23)20(29)12-19-24(27)21(33-3)13-22(34-4)25(19)28;1-5-17(32)9-15-8-6-7-14(2)24(15)31-25-29-12-16(13-30-25)19(28)10-18-22(26)20(33-3)11-21(34-4)23(18)27;1-5-16(32)9-15-8-6-7-14(2)25(15)31-22-13-29-19(12-30-22)18(28)10-17-23(26)20(33-3)11-21(34-4)24(17)27/h6-9,11-13H,1,10H2,2-5H3,(H,30,31,32);5-10,12-14H,1,11H2,2-4H3,(H,30,31);5-8,10-13H,1,9H2,2-4H3,(H,29,30,31);5-8,10-13H,1,9H2,2-4H3,(H,30,31)/b20-11-;20-12-;19-10-;18-10-. The number of aromatic nitrogens is 7. The van der Waals surface area contributed by atoms with Crippen molar-refractivity contribution in [3.8, 4) is 46.0 Å². The second-order valence-electron chi connectivity index (χ2n) is 29.3. The van der Waals surface area contributed by atoms with E-state index >= 15 is 17.6 Å². The molecule has 4 heterocycles. The monoisotopic (exact) mass is 2020 g/mol.